The molecule has 1 aliphatic heterocycles. The summed E-state index contributed by atoms with van der Waals surface area (Å²) in [7, 11) is 2.14. The third-order valence-electron chi connectivity index (χ3n) is 3.33. The molecule has 0 saturated carbocycles. The summed E-state index contributed by atoms with van der Waals surface area (Å²) in [4.78, 5) is 2.36. The van der Waals surface area contributed by atoms with Crippen LogP contribution >= 0.6 is 11.6 Å². The lowest BCUT2D eigenvalue weighted by atomic mass is 10.0. The van der Waals surface area contributed by atoms with Gasteiger partial charge in [0.25, 0.3) is 0 Å². The van der Waals surface area contributed by atoms with Crippen molar-refractivity contribution in [2.45, 2.75) is 25.3 Å². The van der Waals surface area contributed by atoms with Gasteiger partial charge in [-0.15, -0.1) is 0 Å². The van der Waals surface area contributed by atoms with Crippen LogP contribution in [0, 0.1) is 5.82 Å². The Bertz CT molecular complexity index is 363. The fourth-order valence-electron chi connectivity index (χ4n) is 2.29. The zero-order valence-electron chi connectivity index (χ0n) is 10.0. The minimum absolute atomic E-state index is 0.294. The molecule has 0 aliphatic carbocycles. The SMILES string of the molecule is CN1CCCCC1CNc1cc(F)cc(Cl)c1. The maximum atomic E-state index is 13.1. The standard InChI is InChI=1S/C13H18ClFN2/c1-17-5-3-2-4-13(17)9-16-12-7-10(14)6-11(15)8-12/h6-8,13,16H,2-5,9H2,1H3. The number of nitrogens with zero attached hydrogens (tertiary/aromatic N) is 1. The van der Waals surface area contributed by atoms with Crippen LogP contribution in [-0.4, -0.2) is 31.1 Å². The number of benzene rings is 1. The van der Waals surface area contributed by atoms with Gasteiger partial charge in [0, 0.05) is 23.3 Å². The highest BCUT2D eigenvalue weighted by Crippen LogP contribution is 2.20. The Morgan fingerprint density at radius 2 is 2.24 bits per heavy atom. The smallest absolute Gasteiger partial charge is 0.126 e. The van der Waals surface area contributed by atoms with E-state index in [1.54, 1.807) is 6.07 Å². The van der Waals surface area contributed by atoms with Crippen molar-refractivity contribution < 1.29 is 4.39 Å². The molecule has 4 heteroatoms. The van der Waals surface area contributed by atoms with Crippen molar-refractivity contribution in [2.75, 3.05) is 25.5 Å². The fraction of sp³-hybridized carbons (Fsp3) is 0.538. The van der Waals surface area contributed by atoms with E-state index in [0.717, 1.165) is 18.8 Å². The highest BCUT2D eigenvalue weighted by Gasteiger charge is 2.18. The second kappa shape index (κ2) is 5.69. The number of hydrogen-bond donors (Lipinski definition) is 1. The monoisotopic (exact) mass is 256 g/mol. The van der Waals surface area contributed by atoms with Gasteiger partial charge >= 0.3 is 0 Å². The van der Waals surface area contributed by atoms with Crippen LogP contribution in [-0.2, 0) is 0 Å². The maximum absolute atomic E-state index is 13.1. The third kappa shape index (κ3) is 3.58. The van der Waals surface area contributed by atoms with Gasteiger partial charge in [-0.25, -0.2) is 4.39 Å². The average molecular weight is 257 g/mol. The van der Waals surface area contributed by atoms with Crippen LogP contribution in [0.25, 0.3) is 0 Å². The van der Waals surface area contributed by atoms with Crippen LogP contribution in [0.4, 0.5) is 10.1 Å². The van der Waals surface area contributed by atoms with E-state index < -0.39 is 0 Å². The first kappa shape index (κ1) is 12.7. The molecule has 1 saturated heterocycles. The van der Waals surface area contributed by atoms with Crippen molar-refractivity contribution in [3.8, 4) is 0 Å². The summed E-state index contributed by atoms with van der Waals surface area (Å²) in [5, 5.41) is 3.70. The maximum Gasteiger partial charge on any atom is 0.126 e. The van der Waals surface area contributed by atoms with Gasteiger partial charge in [-0.3, -0.25) is 0 Å². The second-order valence-electron chi connectivity index (χ2n) is 4.67. The Kier molecular flexibility index (Phi) is 4.24. The van der Waals surface area contributed by atoms with Crippen LogP contribution in [0.3, 0.4) is 0 Å². The van der Waals surface area contributed by atoms with Gasteiger partial charge in [0.1, 0.15) is 5.82 Å². The van der Waals surface area contributed by atoms with Gasteiger partial charge < -0.3 is 10.2 Å². The molecule has 0 aromatic heterocycles. The van der Waals surface area contributed by atoms with E-state index in [4.69, 9.17) is 11.6 Å². The minimum atomic E-state index is -0.294. The number of likely N-dealkylation sites (tertiary alicyclic amines) is 1. The molecule has 2 rings (SSSR count). The van der Waals surface area contributed by atoms with E-state index in [9.17, 15) is 4.39 Å². The highest BCUT2D eigenvalue weighted by molar-refractivity contribution is 6.30. The molecule has 1 aliphatic rings. The number of hydrogen-bond acceptors (Lipinski definition) is 2. The quantitative estimate of drug-likeness (QED) is 0.892. The van der Waals surface area contributed by atoms with E-state index in [0.29, 0.717) is 11.1 Å². The van der Waals surface area contributed by atoms with Gasteiger partial charge in [0.15, 0.2) is 0 Å². The largest absolute Gasteiger partial charge is 0.383 e. The molecule has 1 atom stereocenters. The highest BCUT2D eigenvalue weighted by atomic mass is 35.5. The summed E-state index contributed by atoms with van der Waals surface area (Å²) in [6.07, 6.45) is 3.76. The van der Waals surface area contributed by atoms with Crippen molar-refractivity contribution in [3.63, 3.8) is 0 Å². The van der Waals surface area contributed by atoms with Crippen molar-refractivity contribution >= 4 is 17.3 Å². The summed E-state index contributed by atoms with van der Waals surface area (Å²) in [6.45, 7) is 1.99. The Hall–Kier alpha value is -0.800. The number of rotatable bonds is 3. The van der Waals surface area contributed by atoms with Crippen LogP contribution in [0.5, 0.6) is 0 Å². The van der Waals surface area contributed by atoms with Gasteiger partial charge in [0.2, 0.25) is 0 Å². The first-order valence-corrected chi connectivity index (χ1v) is 6.43. The summed E-state index contributed by atoms with van der Waals surface area (Å²) >= 11 is 5.81. The second-order valence-corrected chi connectivity index (χ2v) is 5.11. The molecule has 0 amide bonds. The van der Waals surface area contributed by atoms with Gasteiger partial charge in [0.05, 0.1) is 0 Å². The van der Waals surface area contributed by atoms with Crippen LogP contribution in [0.15, 0.2) is 18.2 Å². The normalized spacial score (nSPS) is 21.5. The van der Waals surface area contributed by atoms with Gasteiger partial charge in [-0.2, -0.15) is 0 Å². The number of nitrogens with one attached hydrogen (secondary N) is 1. The lowest BCUT2D eigenvalue weighted by molar-refractivity contribution is 0.194. The Morgan fingerprint density at radius 3 is 2.94 bits per heavy atom. The summed E-state index contributed by atoms with van der Waals surface area (Å²) in [5.74, 6) is -0.294. The Labute approximate surface area is 107 Å². The Morgan fingerprint density at radius 1 is 1.41 bits per heavy atom. The van der Waals surface area contributed by atoms with Gasteiger partial charge in [-0.1, -0.05) is 18.0 Å². The number of anilines is 1. The number of piperidine rings is 1. The van der Waals surface area contributed by atoms with Crippen LogP contribution in [0.1, 0.15) is 19.3 Å². The molecule has 1 unspecified atom stereocenters. The van der Waals surface area contributed by atoms with Crippen molar-refractivity contribution in [2.24, 2.45) is 0 Å². The summed E-state index contributed by atoms with van der Waals surface area (Å²) in [6, 6.07) is 5.09. The molecule has 1 fully saturated rings. The van der Waals surface area contributed by atoms with E-state index in [2.05, 4.69) is 17.3 Å². The van der Waals surface area contributed by atoms with Gasteiger partial charge in [-0.05, 0) is 44.6 Å². The molecule has 2 nitrogen and oxygen atoms in total. The molecule has 1 N–H and O–H groups in total. The van der Waals surface area contributed by atoms with Crippen molar-refractivity contribution in [1.29, 1.82) is 0 Å². The molecular formula is C13H18ClFN2. The number of halogens is 2. The number of likely N-dealkylation sites (N-methyl/N-ethyl adjacent to an activating group) is 1. The van der Waals surface area contributed by atoms with Crippen LogP contribution < -0.4 is 5.32 Å². The van der Waals surface area contributed by atoms with E-state index in [1.165, 1.54) is 31.4 Å². The van der Waals surface area contributed by atoms with E-state index in [1.807, 2.05) is 0 Å². The molecular weight excluding hydrogens is 239 g/mol. The lowest BCUT2D eigenvalue weighted by Gasteiger charge is -2.32. The fourth-order valence-corrected chi connectivity index (χ4v) is 2.52. The van der Waals surface area contributed by atoms with E-state index in [-0.39, 0.29) is 5.82 Å². The topological polar surface area (TPSA) is 15.3 Å². The van der Waals surface area contributed by atoms with Crippen molar-refractivity contribution in [3.05, 3.63) is 29.0 Å². The zero-order chi connectivity index (χ0) is 12.3. The van der Waals surface area contributed by atoms with Crippen LogP contribution in [0.2, 0.25) is 5.02 Å². The molecule has 1 heterocycles. The minimum Gasteiger partial charge on any atom is -0.383 e. The first-order valence-electron chi connectivity index (χ1n) is 6.05. The lowest BCUT2D eigenvalue weighted by Crippen LogP contribution is -2.40. The molecule has 0 bridgehead atoms. The molecule has 1 aromatic rings. The summed E-state index contributed by atoms with van der Waals surface area (Å²) < 4.78 is 13.1. The third-order valence-corrected chi connectivity index (χ3v) is 3.54. The molecule has 94 valence electrons. The average Bonchev–Trinajstić information content (AvgIpc) is 2.27. The van der Waals surface area contributed by atoms with Crippen molar-refractivity contribution in [1.82, 2.24) is 4.90 Å². The summed E-state index contributed by atoms with van der Waals surface area (Å²) in [5.41, 5.74) is 0.758. The molecule has 1 aromatic carbocycles. The molecule has 0 radical (unpaired) electrons. The molecule has 17 heavy (non-hydrogen) atoms. The van der Waals surface area contributed by atoms with E-state index >= 15 is 0 Å². The molecule has 0 spiro atoms. The predicted octanol–water partition coefficient (Wildman–Crippen LogP) is 3.38. The predicted molar refractivity (Wildman–Crippen MR) is 70.2 cm³/mol. The first-order chi connectivity index (χ1) is 8.15. The zero-order valence-corrected chi connectivity index (χ0v) is 10.8. The Balaban J connectivity index is 1.92.